The van der Waals surface area contributed by atoms with Crippen LogP contribution >= 0.6 is 0 Å². The van der Waals surface area contributed by atoms with Crippen molar-refractivity contribution >= 4 is 24.0 Å². The molecular formula is C13H14BN3O2. The van der Waals surface area contributed by atoms with Gasteiger partial charge in [-0.3, -0.25) is 4.98 Å². The minimum Gasteiger partial charge on any atom is -0.423 e. The summed E-state index contributed by atoms with van der Waals surface area (Å²) in [6, 6.07) is 9.61. The molecule has 3 rings (SSSR count). The fourth-order valence-corrected chi connectivity index (χ4v) is 2.08. The number of anilines is 2. The summed E-state index contributed by atoms with van der Waals surface area (Å²) in [5.74, 6) is 0. The van der Waals surface area contributed by atoms with Gasteiger partial charge in [0.2, 0.25) is 0 Å². The Morgan fingerprint density at radius 1 is 1.11 bits per heavy atom. The van der Waals surface area contributed by atoms with E-state index in [9.17, 15) is 5.02 Å². The van der Waals surface area contributed by atoms with Crippen LogP contribution in [0.5, 0.6) is 0 Å². The van der Waals surface area contributed by atoms with Crippen molar-refractivity contribution < 1.29 is 9.68 Å². The summed E-state index contributed by atoms with van der Waals surface area (Å²) in [4.78, 5) is 3.95. The first kappa shape index (κ1) is 12.0. The highest BCUT2D eigenvalue weighted by Crippen LogP contribution is 2.13. The molecule has 0 aliphatic carbocycles. The van der Waals surface area contributed by atoms with Crippen LogP contribution in [0, 0.1) is 0 Å². The molecule has 0 radical (unpaired) electrons. The highest BCUT2D eigenvalue weighted by molar-refractivity contribution is 6.61. The molecule has 96 valence electrons. The Morgan fingerprint density at radius 3 is 2.74 bits per heavy atom. The van der Waals surface area contributed by atoms with E-state index in [-0.39, 0.29) is 0 Å². The maximum atomic E-state index is 9.79. The maximum absolute atomic E-state index is 9.79. The number of hydrogen-bond donors (Lipinski definition) is 3. The van der Waals surface area contributed by atoms with E-state index in [1.165, 1.54) is 0 Å². The number of rotatable bonds is 3. The van der Waals surface area contributed by atoms with Crippen LogP contribution in [0.15, 0.2) is 42.7 Å². The van der Waals surface area contributed by atoms with Gasteiger partial charge in [-0.2, -0.15) is 0 Å². The maximum Gasteiger partial charge on any atom is 0.491 e. The number of nitrogens with zero attached hydrogens (tertiary/aromatic N) is 1. The lowest BCUT2D eigenvalue weighted by atomic mass is 9.73. The molecule has 0 spiro atoms. The lowest BCUT2D eigenvalue weighted by Crippen LogP contribution is -2.41. The molecule has 1 aromatic heterocycles. The van der Waals surface area contributed by atoms with E-state index >= 15 is 0 Å². The number of pyridine rings is 1. The highest BCUT2D eigenvalue weighted by atomic mass is 16.5. The second-order valence-corrected chi connectivity index (χ2v) is 4.37. The van der Waals surface area contributed by atoms with Crippen molar-refractivity contribution in [2.75, 3.05) is 17.5 Å². The standard InChI is InChI=1S/C13H14BN3O2/c18-14-13-9-12(2-1-10(13)5-8-19-14)17-16-11-3-6-15-7-4-11/h1-4,6-7,9,17-18H,5,8H2,(H,15,16). The molecule has 1 aromatic carbocycles. The summed E-state index contributed by atoms with van der Waals surface area (Å²) in [5.41, 5.74) is 9.91. The smallest absolute Gasteiger partial charge is 0.423 e. The number of hydrogen-bond acceptors (Lipinski definition) is 5. The summed E-state index contributed by atoms with van der Waals surface area (Å²) in [5, 5.41) is 9.79. The van der Waals surface area contributed by atoms with Crippen LogP contribution in [0.3, 0.4) is 0 Å². The Bertz CT molecular complexity index is 565. The van der Waals surface area contributed by atoms with E-state index < -0.39 is 7.12 Å². The van der Waals surface area contributed by atoms with Gasteiger partial charge in [0.15, 0.2) is 0 Å². The van der Waals surface area contributed by atoms with Gasteiger partial charge in [-0.15, -0.1) is 0 Å². The third kappa shape index (κ3) is 2.69. The van der Waals surface area contributed by atoms with E-state index in [1.807, 2.05) is 30.3 Å². The van der Waals surface area contributed by atoms with Crippen molar-refractivity contribution in [3.8, 4) is 0 Å². The van der Waals surface area contributed by atoms with Gasteiger partial charge in [0.05, 0.1) is 11.4 Å². The summed E-state index contributed by atoms with van der Waals surface area (Å²) in [6.45, 7) is 0.566. The van der Waals surface area contributed by atoms with Crippen molar-refractivity contribution in [3.63, 3.8) is 0 Å². The predicted octanol–water partition coefficient (Wildman–Crippen LogP) is 0.781. The Hall–Kier alpha value is -2.05. The first-order valence-corrected chi connectivity index (χ1v) is 6.17. The molecule has 1 aliphatic heterocycles. The average Bonchev–Trinajstić information content (AvgIpc) is 2.47. The van der Waals surface area contributed by atoms with Crippen molar-refractivity contribution in [2.45, 2.75) is 6.42 Å². The predicted molar refractivity (Wildman–Crippen MR) is 75.2 cm³/mol. The molecule has 0 unspecified atom stereocenters. The Morgan fingerprint density at radius 2 is 1.89 bits per heavy atom. The molecule has 2 aromatic rings. The second kappa shape index (κ2) is 5.30. The lowest BCUT2D eigenvalue weighted by Gasteiger charge is -2.20. The third-order valence-electron chi connectivity index (χ3n) is 3.09. The third-order valence-corrected chi connectivity index (χ3v) is 3.09. The quantitative estimate of drug-likeness (QED) is 0.558. The Kier molecular flexibility index (Phi) is 3.35. The highest BCUT2D eigenvalue weighted by Gasteiger charge is 2.24. The van der Waals surface area contributed by atoms with Crippen molar-refractivity contribution in [1.29, 1.82) is 0 Å². The van der Waals surface area contributed by atoms with E-state index in [1.54, 1.807) is 12.4 Å². The zero-order chi connectivity index (χ0) is 13.1. The molecule has 3 N–H and O–H groups in total. The minimum absolute atomic E-state index is 0.566. The van der Waals surface area contributed by atoms with Crippen LogP contribution < -0.4 is 16.3 Å². The topological polar surface area (TPSA) is 66.4 Å². The minimum atomic E-state index is -0.827. The van der Waals surface area contributed by atoms with Crippen LogP contribution in [-0.2, 0) is 11.1 Å². The average molecular weight is 255 g/mol. The first-order valence-electron chi connectivity index (χ1n) is 6.17. The number of benzene rings is 1. The van der Waals surface area contributed by atoms with Gasteiger partial charge in [-0.05, 0) is 41.7 Å². The normalized spacial score (nSPS) is 13.8. The molecule has 1 aliphatic rings. The zero-order valence-corrected chi connectivity index (χ0v) is 10.3. The van der Waals surface area contributed by atoms with Gasteiger partial charge in [0.1, 0.15) is 0 Å². The van der Waals surface area contributed by atoms with Gasteiger partial charge in [-0.1, -0.05) is 6.07 Å². The first-order chi connectivity index (χ1) is 9.33. The van der Waals surface area contributed by atoms with Crippen molar-refractivity contribution in [2.24, 2.45) is 0 Å². The molecular weight excluding hydrogens is 241 g/mol. The van der Waals surface area contributed by atoms with E-state index in [2.05, 4.69) is 15.8 Å². The summed E-state index contributed by atoms with van der Waals surface area (Å²) >= 11 is 0. The molecule has 0 amide bonds. The monoisotopic (exact) mass is 255 g/mol. The van der Waals surface area contributed by atoms with Crippen LogP contribution in [0.2, 0.25) is 0 Å². The fourth-order valence-electron chi connectivity index (χ4n) is 2.08. The van der Waals surface area contributed by atoms with Gasteiger partial charge in [0, 0.05) is 19.0 Å². The molecule has 0 saturated carbocycles. The number of nitrogens with one attached hydrogen (secondary N) is 2. The number of fused-ring (bicyclic) bond motifs is 1. The van der Waals surface area contributed by atoms with Crippen LogP contribution in [0.4, 0.5) is 11.4 Å². The summed E-state index contributed by atoms with van der Waals surface area (Å²) in [6.07, 6.45) is 4.27. The largest absolute Gasteiger partial charge is 0.491 e. The molecule has 2 heterocycles. The SMILES string of the molecule is OB1OCCc2ccc(NNc3ccncc3)cc21. The summed E-state index contributed by atoms with van der Waals surface area (Å²) in [7, 11) is -0.827. The molecule has 6 heteroatoms. The Labute approximate surface area is 111 Å². The molecule has 0 atom stereocenters. The molecule has 0 fully saturated rings. The lowest BCUT2D eigenvalue weighted by molar-refractivity contribution is 0.266. The van der Waals surface area contributed by atoms with Gasteiger partial charge in [-0.25, -0.2) is 0 Å². The van der Waals surface area contributed by atoms with Crippen LogP contribution in [-0.4, -0.2) is 23.7 Å². The zero-order valence-electron chi connectivity index (χ0n) is 10.3. The van der Waals surface area contributed by atoms with Crippen LogP contribution in [0.1, 0.15) is 5.56 Å². The molecule has 0 saturated heterocycles. The van der Waals surface area contributed by atoms with E-state index in [0.29, 0.717) is 6.61 Å². The molecule has 0 bridgehead atoms. The van der Waals surface area contributed by atoms with E-state index in [0.717, 1.165) is 28.8 Å². The second-order valence-electron chi connectivity index (χ2n) is 4.37. The van der Waals surface area contributed by atoms with Crippen LogP contribution in [0.25, 0.3) is 0 Å². The van der Waals surface area contributed by atoms with Crippen molar-refractivity contribution in [3.05, 3.63) is 48.3 Å². The number of hydrazine groups is 1. The van der Waals surface area contributed by atoms with Crippen molar-refractivity contribution in [1.82, 2.24) is 4.98 Å². The van der Waals surface area contributed by atoms with Gasteiger partial charge >= 0.3 is 7.12 Å². The Balaban J connectivity index is 1.74. The summed E-state index contributed by atoms with van der Waals surface area (Å²) < 4.78 is 5.22. The molecule has 5 nitrogen and oxygen atoms in total. The molecule has 19 heavy (non-hydrogen) atoms. The number of aromatic nitrogens is 1. The van der Waals surface area contributed by atoms with Gasteiger partial charge in [0.25, 0.3) is 0 Å². The fraction of sp³-hybridized carbons (Fsp3) is 0.154. The van der Waals surface area contributed by atoms with E-state index in [4.69, 9.17) is 4.65 Å². The van der Waals surface area contributed by atoms with Gasteiger partial charge < -0.3 is 20.5 Å².